The topological polar surface area (TPSA) is 84.9 Å². The second kappa shape index (κ2) is 7.92. The zero-order valence-electron chi connectivity index (χ0n) is 17.2. The third kappa shape index (κ3) is 3.77. The third-order valence-corrected chi connectivity index (χ3v) is 7.64. The predicted octanol–water partition coefficient (Wildman–Crippen LogP) is 4.01. The van der Waals surface area contributed by atoms with Gasteiger partial charge in [0, 0.05) is 43.2 Å². The maximum absolute atomic E-state index is 12.8. The van der Waals surface area contributed by atoms with Crippen LogP contribution in [0.4, 0.5) is 5.69 Å². The molecule has 7 nitrogen and oxygen atoms in total. The van der Waals surface area contributed by atoms with Crippen molar-refractivity contribution in [3.05, 3.63) is 48.0 Å². The Balaban J connectivity index is 1.52. The van der Waals surface area contributed by atoms with Crippen LogP contribution >= 0.6 is 0 Å². The zero-order valence-corrected chi connectivity index (χ0v) is 18.0. The number of ether oxygens (including phenoxy) is 2. The predicted molar refractivity (Wildman–Crippen MR) is 113 cm³/mol. The molecule has 2 aliphatic rings. The normalized spacial score (nSPS) is 16.9. The fourth-order valence-corrected chi connectivity index (χ4v) is 5.51. The van der Waals surface area contributed by atoms with Gasteiger partial charge in [-0.3, -0.25) is 4.79 Å². The number of rotatable bonds is 6. The van der Waals surface area contributed by atoms with E-state index in [1.165, 1.54) is 16.4 Å². The lowest BCUT2D eigenvalue weighted by Crippen LogP contribution is -2.34. The molecule has 1 aliphatic carbocycles. The highest BCUT2D eigenvalue weighted by atomic mass is 32.2. The zero-order chi connectivity index (χ0) is 21.4. The Labute approximate surface area is 177 Å². The molecule has 4 rings (SSSR count). The number of hydrogen-bond acceptors (Lipinski definition) is 5. The van der Waals surface area contributed by atoms with Crippen LogP contribution in [0.25, 0.3) is 0 Å². The number of sulfonamides is 1. The average Bonchev–Trinajstić information content (AvgIpc) is 3.34. The highest BCUT2D eigenvalue weighted by Crippen LogP contribution is 2.47. The second-order valence-electron chi connectivity index (χ2n) is 7.55. The van der Waals surface area contributed by atoms with E-state index in [1.54, 1.807) is 44.2 Å². The molecule has 2 aromatic rings. The molecule has 2 aromatic carbocycles. The molecule has 8 heteroatoms. The van der Waals surface area contributed by atoms with Crippen LogP contribution in [0.1, 0.15) is 49.9 Å². The maximum Gasteiger partial charge on any atom is 0.255 e. The van der Waals surface area contributed by atoms with Crippen LogP contribution < -0.4 is 14.8 Å². The Hall–Kier alpha value is -2.58. The second-order valence-corrected chi connectivity index (χ2v) is 9.49. The van der Waals surface area contributed by atoms with E-state index in [0.29, 0.717) is 30.3 Å². The molecule has 30 heavy (non-hydrogen) atoms. The van der Waals surface area contributed by atoms with Crippen LogP contribution in [0.5, 0.6) is 11.5 Å². The van der Waals surface area contributed by atoms with Crippen LogP contribution in [0, 0.1) is 0 Å². The van der Waals surface area contributed by atoms with Crippen molar-refractivity contribution in [2.45, 2.75) is 50.2 Å². The van der Waals surface area contributed by atoms with Crippen molar-refractivity contribution in [1.82, 2.24) is 4.31 Å². The number of nitrogens with zero attached hydrogens (tertiary/aromatic N) is 1. The molecule has 0 atom stereocenters. The first-order valence-corrected chi connectivity index (χ1v) is 11.7. The summed E-state index contributed by atoms with van der Waals surface area (Å²) >= 11 is 0. The molecular weight excluding hydrogens is 404 g/mol. The van der Waals surface area contributed by atoms with Crippen molar-refractivity contribution in [3.8, 4) is 11.5 Å². The van der Waals surface area contributed by atoms with Gasteiger partial charge in [-0.2, -0.15) is 4.31 Å². The van der Waals surface area contributed by atoms with Crippen LogP contribution in [0.3, 0.4) is 0 Å². The molecule has 0 unspecified atom stereocenters. The monoisotopic (exact) mass is 430 g/mol. The standard InChI is InChI=1S/C22H26N2O5S/c1-3-24(4-2)30(26,27)18-9-7-8-16(14-18)21(25)23-17-10-11-19-20(15-17)29-22(28-19)12-5-6-13-22/h7-11,14-15H,3-6,12-13H2,1-2H3,(H,23,25). The fraction of sp³-hybridized carbons (Fsp3) is 0.409. The average molecular weight is 431 g/mol. The Bertz CT molecular complexity index is 1060. The highest BCUT2D eigenvalue weighted by Gasteiger charge is 2.44. The number of carbonyl (C=O) groups excluding carboxylic acids is 1. The third-order valence-electron chi connectivity index (χ3n) is 5.60. The van der Waals surface area contributed by atoms with Crippen molar-refractivity contribution < 1.29 is 22.7 Å². The smallest absolute Gasteiger partial charge is 0.255 e. The van der Waals surface area contributed by atoms with E-state index in [4.69, 9.17) is 9.47 Å². The van der Waals surface area contributed by atoms with Crippen LogP contribution in [0.15, 0.2) is 47.4 Å². The quantitative estimate of drug-likeness (QED) is 0.748. The summed E-state index contributed by atoms with van der Waals surface area (Å²) in [7, 11) is -3.63. The van der Waals surface area contributed by atoms with Gasteiger partial charge in [-0.05, 0) is 43.2 Å². The maximum atomic E-state index is 12.8. The summed E-state index contributed by atoms with van der Waals surface area (Å²) < 4.78 is 38.9. The van der Waals surface area contributed by atoms with Gasteiger partial charge in [0.2, 0.25) is 10.0 Å². The Morgan fingerprint density at radius 2 is 1.73 bits per heavy atom. The van der Waals surface area contributed by atoms with E-state index in [9.17, 15) is 13.2 Å². The van der Waals surface area contributed by atoms with Gasteiger partial charge in [0.05, 0.1) is 4.90 Å². The Morgan fingerprint density at radius 1 is 1.03 bits per heavy atom. The van der Waals surface area contributed by atoms with E-state index in [-0.39, 0.29) is 16.4 Å². The first-order chi connectivity index (χ1) is 14.4. The lowest BCUT2D eigenvalue weighted by atomic mass is 10.2. The van der Waals surface area contributed by atoms with Crippen LogP contribution in [-0.4, -0.2) is 37.5 Å². The van der Waals surface area contributed by atoms with Gasteiger partial charge in [-0.15, -0.1) is 0 Å². The van der Waals surface area contributed by atoms with Gasteiger partial charge in [-0.1, -0.05) is 19.9 Å². The number of carbonyl (C=O) groups is 1. The number of hydrogen-bond donors (Lipinski definition) is 1. The number of benzene rings is 2. The minimum Gasteiger partial charge on any atom is -0.448 e. The van der Waals surface area contributed by atoms with E-state index < -0.39 is 15.8 Å². The molecule has 0 saturated heterocycles. The van der Waals surface area contributed by atoms with Crippen molar-refractivity contribution in [1.29, 1.82) is 0 Å². The largest absolute Gasteiger partial charge is 0.448 e. The Morgan fingerprint density at radius 3 is 2.43 bits per heavy atom. The molecule has 1 aliphatic heterocycles. The molecule has 1 spiro atoms. The van der Waals surface area contributed by atoms with E-state index in [2.05, 4.69) is 5.32 Å². The van der Waals surface area contributed by atoms with Gasteiger partial charge in [0.15, 0.2) is 11.5 Å². The van der Waals surface area contributed by atoms with Gasteiger partial charge in [0.25, 0.3) is 11.7 Å². The number of amides is 1. The SMILES string of the molecule is CCN(CC)S(=O)(=O)c1cccc(C(=O)Nc2ccc3c(c2)OC2(CCCC2)O3)c1. The van der Waals surface area contributed by atoms with Gasteiger partial charge < -0.3 is 14.8 Å². The molecule has 0 bridgehead atoms. The van der Waals surface area contributed by atoms with E-state index in [1.807, 2.05) is 0 Å². The molecule has 0 radical (unpaired) electrons. The first-order valence-electron chi connectivity index (χ1n) is 10.3. The summed E-state index contributed by atoms with van der Waals surface area (Å²) in [6, 6.07) is 11.4. The Kier molecular flexibility index (Phi) is 5.46. The molecule has 0 aromatic heterocycles. The summed E-state index contributed by atoms with van der Waals surface area (Å²) in [6.45, 7) is 4.31. The van der Waals surface area contributed by atoms with Crippen LogP contribution in [0.2, 0.25) is 0 Å². The molecule has 1 amide bonds. The van der Waals surface area contributed by atoms with Gasteiger partial charge in [0.1, 0.15) is 0 Å². The molecule has 1 heterocycles. The summed E-state index contributed by atoms with van der Waals surface area (Å²) in [6.07, 6.45) is 3.86. The van der Waals surface area contributed by atoms with Crippen LogP contribution in [-0.2, 0) is 10.0 Å². The van der Waals surface area contributed by atoms with Gasteiger partial charge >= 0.3 is 0 Å². The number of nitrogens with one attached hydrogen (secondary N) is 1. The molecular formula is C22H26N2O5S. The molecule has 160 valence electrons. The molecule has 1 fully saturated rings. The first kappa shape index (κ1) is 20.7. The minimum atomic E-state index is -3.63. The summed E-state index contributed by atoms with van der Waals surface area (Å²) in [5.41, 5.74) is 0.836. The van der Waals surface area contributed by atoms with E-state index in [0.717, 1.165) is 25.7 Å². The number of fused-ring (bicyclic) bond motifs is 1. The fourth-order valence-electron chi connectivity index (χ4n) is 4.00. The molecule has 1 N–H and O–H groups in total. The van der Waals surface area contributed by atoms with E-state index >= 15 is 0 Å². The number of anilines is 1. The van der Waals surface area contributed by atoms with Crippen molar-refractivity contribution in [2.24, 2.45) is 0 Å². The van der Waals surface area contributed by atoms with Crippen molar-refractivity contribution >= 4 is 21.6 Å². The molecule has 1 saturated carbocycles. The van der Waals surface area contributed by atoms with Crippen molar-refractivity contribution in [3.63, 3.8) is 0 Å². The highest BCUT2D eigenvalue weighted by molar-refractivity contribution is 7.89. The summed E-state index contributed by atoms with van der Waals surface area (Å²) in [5.74, 6) is 0.355. The lowest BCUT2D eigenvalue weighted by Gasteiger charge is -2.21. The summed E-state index contributed by atoms with van der Waals surface area (Å²) in [5, 5.41) is 2.82. The minimum absolute atomic E-state index is 0.104. The van der Waals surface area contributed by atoms with Crippen molar-refractivity contribution in [2.75, 3.05) is 18.4 Å². The lowest BCUT2D eigenvalue weighted by molar-refractivity contribution is -0.0716. The van der Waals surface area contributed by atoms with Gasteiger partial charge in [-0.25, -0.2) is 8.42 Å². The summed E-state index contributed by atoms with van der Waals surface area (Å²) in [4.78, 5) is 12.9.